The molecular formula is C24H31N4O+3. The van der Waals surface area contributed by atoms with Gasteiger partial charge in [0.15, 0.2) is 24.8 Å². The number of carbonyl (C=O) groups is 1. The second kappa shape index (κ2) is 10.5. The summed E-state index contributed by atoms with van der Waals surface area (Å²) in [6.07, 6.45) is 21.7. The Balaban J connectivity index is 1.56. The molecule has 0 aliphatic carbocycles. The Kier molecular flexibility index (Phi) is 7.45. The number of imidazole rings is 1. The van der Waals surface area contributed by atoms with E-state index in [4.69, 9.17) is 0 Å². The Hall–Kier alpha value is -3.08. The molecule has 5 nitrogen and oxygen atoms in total. The number of hydrogen-bond donors (Lipinski definition) is 0. The van der Waals surface area contributed by atoms with E-state index in [-0.39, 0.29) is 12.5 Å². The van der Waals surface area contributed by atoms with E-state index >= 15 is 0 Å². The number of unbranched alkanes of at least 4 members (excludes halogenated alkanes) is 4. The van der Waals surface area contributed by atoms with E-state index in [1.165, 1.54) is 32.1 Å². The number of pyridine rings is 2. The Labute approximate surface area is 173 Å². The van der Waals surface area contributed by atoms with Gasteiger partial charge in [0.2, 0.25) is 12.9 Å². The molecule has 0 saturated heterocycles. The van der Waals surface area contributed by atoms with Gasteiger partial charge in [0.1, 0.15) is 18.9 Å². The molecule has 29 heavy (non-hydrogen) atoms. The lowest BCUT2D eigenvalue weighted by molar-refractivity contribution is -0.703. The van der Waals surface area contributed by atoms with Crippen LogP contribution in [0.25, 0.3) is 17.3 Å². The number of hydrogen-bond acceptors (Lipinski definition) is 1. The lowest BCUT2D eigenvalue weighted by atomic mass is 10.1. The van der Waals surface area contributed by atoms with Gasteiger partial charge in [0.25, 0.3) is 0 Å². The summed E-state index contributed by atoms with van der Waals surface area (Å²) in [5.41, 5.74) is 2.26. The van der Waals surface area contributed by atoms with Gasteiger partial charge in [-0.05, 0) is 17.5 Å². The molecule has 0 spiro atoms. The number of aryl methyl sites for hydroxylation is 1. The Morgan fingerprint density at radius 2 is 1.59 bits per heavy atom. The summed E-state index contributed by atoms with van der Waals surface area (Å²) >= 11 is 0. The standard InChI is InChI=1S/C24H31N4O/c1-3-5-6-7-8-13-26-14-9-22(10-15-26)23-11-16-28(17-12-23)24(29)20-27-19-18-25(4-2)21-27/h4,9-12,14-19,21H,2-3,5-8,13,20H2,1H3/q+3. The normalized spacial score (nSPS) is 10.8. The molecular weight excluding hydrogens is 360 g/mol. The Morgan fingerprint density at radius 1 is 0.931 bits per heavy atom. The second-order valence-electron chi connectivity index (χ2n) is 7.34. The quantitative estimate of drug-likeness (QED) is 0.385. The Bertz CT molecular complexity index is 926. The lowest BCUT2D eigenvalue weighted by Crippen LogP contribution is -2.50. The van der Waals surface area contributed by atoms with Gasteiger partial charge in [-0.15, -0.1) is 4.57 Å². The zero-order chi connectivity index (χ0) is 20.5. The van der Waals surface area contributed by atoms with Crippen molar-refractivity contribution in [3.8, 4) is 11.1 Å². The fourth-order valence-corrected chi connectivity index (χ4v) is 3.33. The van der Waals surface area contributed by atoms with Crippen molar-refractivity contribution in [2.45, 2.75) is 52.1 Å². The average molecular weight is 392 g/mol. The zero-order valence-corrected chi connectivity index (χ0v) is 17.3. The summed E-state index contributed by atoms with van der Waals surface area (Å²) in [7, 11) is 0. The molecule has 0 aliphatic rings. The van der Waals surface area contributed by atoms with Crippen molar-refractivity contribution in [3.05, 3.63) is 74.4 Å². The molecule has 5 heteroatoms. The van der Waals surface area contributed by atoms with E-state index in [0.29, 0.717) is 0 Å². The maximum absolute atomic E-state index is 12.5. The molecule has 0 bridgehead atoms. The molecule has 3 heterocycles. The highest BCUT2D eigenvalue weighted by molar-refractivity contribution is 5.66. The second-order valence-corrected chi connectivity index (χ2v) is 7.34. The van der Waals surface area contributed by atoms with Crippen molar-refractivity contribution >= 4 is 12.1 Å². The third kappa shape index (κ3) is 5.95. The van der Waals surface area contributed by atoms with E-state index in [1.54, 1.807) is 10.8 Å². The van der Waals surface area contributed by atoms with Crippen LogP contribution in [0.2, 0.25) is 0 Å². The number of rotatable bonds is 10. The lowest BCUT2D eigenvalue weighted by Gasteiger charge is -2.01. The van der Waals surface area contributed by atoms with E-state index in [1.807, 2.05) is 52.4 Å². The van der Waals surface area contributed by atoms with Crippen LogP contribution in [0, 0.1) is 0 Å². The third-order valence-corrected chi connectivity index (χ3v) is 5.10. The largest absolute Gasteiger partial charge is 0.433 e. The van der Waals surface area contributed by atoms with Gasteiger partial charge in [0, 0.05) is 30.7 Å². The minimum atomic E-state index is 0.0114. The van der Waals surface area contributed by atoms with Gasteiger partial charge in [-0.25, -0.2) is 18.5 Å². The molecule has 0 N–H and O–H groups in total. The highest BCUT2D eigenvalue weighted by atomic mass is 16.2. The predicted octanol–water partition coefficient (Wildman–Crippen LogP) is 3.43. The molecule has 0 amide bonds. The number of carbonyl (C=O) groups excluding carboxylic acids is 1. The van der Waals surface area contributed by atoms with Gasteiger partial charge in [-0.3, -0.25) is 0 Å². The maximum atomic E-state index is 12.5. The maximum Gasteiger partial charge on any atom is 0.433 e. The van der Waals surface area contributed by atoms with Crippen LogP contribution < -0.4 is 13.7 Å². The highest BCUT2D eigenvalue weighted by Gasteiger charge is 2.18. The first kappa shape index (κ1) is 20.6. The topological polar surface area (TPSA) is 33.6 Å². The summed E-state index contributed by atoms with van der Waals surface area (Å²) in [6, 6.07) is 8.26. The van der Waals surface area contributed by atoms with Crippen LogP contribution >= 0.6 is 0 Å². The monoisotopic (exact) mass is 391 g/mol. The zero-order valence-electron chi connectivity index (χ0n) is 17.3. The van der Waals surface area contributed by atoms with Crippen molar-refractivity contribution in [2.75, 3.05) is 0 Å². The summed E-state index contributed by atoms with van der Waals surface area (Å²) < 4.78 is 7.52. The van der Waals surface area contributed by atoms with Gasteiger partial charge >= 0.3 is 5.91 Å². The minimum absolute atomic E-state index is 0.0114. The Morgan fingerprint density at radius 3 is 2.21 bits per heavy atom. The molecule has 150 valence electrons. The molecule has 0 unspecified atom stereocenters. The van der Waals surface area contributed by atoms with E-state index in [0.717, 1.165) is 17.7 Å². The van der Waals surface area contributed by atoms with Gasteiger partial charge in [-0.2, -0.15) is 0 Å². The van der Waals surface area contributed by atoms with Crippen LogP contribution in [-0.2, 0) is 13.1 Å². The molecule has 0 fully saturated rings. The van der Waals surface area contributed by atoms with E-state index in [2.05, 4.69) is 42.6 Å². The smallest absolute Gasteiger partial charge is 0.222 e. The molecule has 0 atom stereocenters. The van der Waals surface area contributed by atoms with Gasteiger partial charge in [0.05, 0.1) is 6.20 Å². The van der Waals surface area contributed by atoms with Crippen LogP contribution in [0.15, 0.2) is 74.4 Å². The van der Waals surface area contributed by atoms with Crippen molar-refractivity contribution < 1.29 is 18.5 Å². The first-order valence-electron chi connectivity index (χ1n) is 10.4. The first-order valence-corrected chi connectivity index (χ1v) is 10.4. The highest BCUT2D eigenvalue weighted by Crippen LogP contribution is 2.15. The first-order chi connectivity index (χ1) is 14.2. The summed E-state index contributed by atoms with van der Waals surface area (Å²) in [6.45, 7) is 7.31. The van der Waals surface area contributed by atoms with Gasteiger partial charge in [-0.1, -0.05) is 32.8 Å². The summed E-state index contributed by atoms with van der Waals surface area (Å²) in [5.74, 6) is 0.0114. The minimum Gasteiger partial charge on any atom is -0.222 e. The van der Waals surface area contributed by atoms with Crippen LogP contribution in [-0.4, -0.2) is 10.5 Å². The van der Waals surface area contributed by atoms with Crippen molar-refractivity contribution in [1.29, 1.82) is 0 Å². The van der Waals surface area contributed by atoms with Crippen molar-refractivity contribution in [3.63, 3.8) is 0 Å². The van der Waals surface area contributed by atoms with E-state index < -0.39 is 0 Å². The van der Waals surface area contributed by atoms with Crippen LogP contribution in [0.1, 0.15) is 43.8 Å². The SMILES string of the molecule is C=Cn1cc[n+](CC(=O)[n+]2ccc(-c3cc[n+](CCCCCCC)cc3)cc2)c1. The van der Waals surface area contributed by atoms with Crippen molar-refractivity contribution in [2.24, 2.45) is 0 Å². The van der Waals surface area contributed by atoms with Crippen LogP contribution in [0.5, 0.6) is 0 Å². The fraction of sp³-hybridized carbons (Fsp3) is 0.333. The van der Waals surface area contributed by atoms with Gasteiger partial charge < -0.3 is 0 Å². The van der Waals surface area contributed by atoms with E-state index in [9.17, 15) is 4.79 Å². The third-order valence-electron chi connectivity index (χ3n) is 5.10. The molecule has 3 rings (SSSR count). The summed E-state index contributed by atoms with van der Waals surface area (Å²) in [5, 5.41) is 0. The summed E-state index contributed by atoms with van der Waals surface area (Å²) in [4.78, 5) is 12.5. The van der Waals surface area contributed by atoms with Crippen LogP contribution in [0.4, 0.5) is 0 Å². The van der Waals surface area contributed by atoms with Crippen molar-refractivity contribution in [1.82, 2.24) is 4.57 Å². The molecule has 0 radical (unpaired) electrons. The number of aromatic nitrogens is 4. The van der Waals surface area contributed by atoms with Crippen LogP contribution in [0.3, 0.4) is 0 Å². The average Bonchev–Trinajstić information content (AvgIpc) is 3.22. The number of nitrogens with zero attached hydrogens (tertiary/aromatic N) is 4. The molecule has 0 aliphatic heterocycles. The predicted molar refractivity (Wildman–Crippen MR) is 113 cm³/mol. The molecule has 3 aromatic rings. The fourth-order valence-electron chi connectivity index (χ4n) is 3.33. The molecule has 0 saturated carbocycles. The molecule has 0 aromatic carbocycles. The molecule has 3 aromatic heterocycles.